The standard InChI is InChI=1S/C15H11FN2O3/c16-11-6-2-1-4-9(11)10-5-3-7-12-13(10)17-8-18(12)14(19)15(20)21/h1-7,17H,8H2,(H,20,21). The van der Waals surface area contributed by atoms with E-state index in [0.29, 0.717) is 22.5 Å². The molecule has 0 aliphatic carbocycles. The van der Waals surface area contributed by atoms with Crippen LogP contribution in [0.4, 0.5) is 15.8 Å². The van der Waals surface area contributed by atoms with E-state index in [1.165, 1.54) is 6.07 Å². The van der Waals surface area contributed by atoms with E-state index < -0.39 is 11.9 Å². The summed E-state index contributed by atoms with van der Waals surface area (Å²) in [6.07, 6.45) is 0. The maximum absolute atomic E-state index is 13.9. The molecule has 0 atom stereocenters. The Morgan fingerprint density at radius 2 is 1.81 bits per heavy atom. The first-order valence-corrected chi connectivity index (χ1v) is 6.26. The number of carboxylic acid groups (broad SMARTS) is 1. The zero-order chi connectivity index (χ0) is 15.0. The molecule has 0 bridgehead atoms. The highest BCUT2D eigenvalue weighted by atomic mass is 19.1. The second-order valence-electron chi connectivity index (χ2n) is 4.55. The van der Waals surface area contributed by atoms with Gasteiger partial charge in [0.2, 0.25) is 0 Å². The molecule has 2 aromatic rings. The Balaban J connectivity index is 2.11. The second kappa shape index (κ2) is 4.90. The van der Waals surface area contributed by atoms with Crippen molar-refractivity contribution in [2.45, 2.75) is 0 Å². The molecule has 0 radical (unpaired) electrons. The Labute approximate surface area is 119 Å². The number of carbonyl (C=O) groups is 2. The number of carboxylic acids is 1. The molecule has 0 fully saturated rings. The lowest BCUT2D eigenvalue weighted by molar-refractivity contribution is -0.148. The smallest absolute Gasteiger partial charge is 0.395 e. The van der Waals surface area contributed by atoms with Gasteiger partial charge in [0.15, 0.2) is 0 Å². The first-order valence-electron chi connectivity index (χ1n) is 6.26. The molecule has 6 heteroatoms. The molecule has 0 aromatic heterocycles. The Kier molecular flexibility index (Phi) is 3.06. The van der Waals surface area contributed by atoms with E-state index in [1.54, 1.807) is 36.4 Å². The maximum Gasteiger partial charge on any atom is 0.395 e. The molecule has 1 aliphatic rings. The highest BCUT2D eigenvalue weighted by Crippen LogP contribution is 2.40. The lowest BCUT2D eigenvalue weighted by atomic mass is 10.0. The third-order valence-corrected chi connectivity index (χ3v) is 3.34. The van der Waals surface area contributed by atoms with E-state index in [9.17, 15) is 14.0 Å². The minimum Gasteiger partial charge on any atom is -0.474 e. The number of para-hydroxylation sites is 1. The number of fused-ring (bicyclic) bond motifs is 1. The summed E-state index contributed by atoms with van der Waals surface area (Å²) in [6, 6.07) is 11.3. The molecule has 0 spiro atoms. The summed E-state index contributed by atoms with van der Waals surface area (Å²) in [6.45, 7) is 0.0476. The molecule has 21 heavy (non-hydrogen) atoms. The predicted molar refractivity (Wildman–Crippen MR) is 75.4 cm³/mol. The summed E-state index contributed by atoms with van der Waals surface area (Å²) in [7, 11) is 0. The van der Waals surface area contributed by atoms with Gasteiger partial charge in [-0.2, -0.15) is 0 Å². The highest BCUT2D eigenvalue weighted by molar-refractivity contribution is 6.38. The molecule has 1 amide bonds. The zero-order valence-corrected chi connectivity index (χ0v) is 10.8. The van der Waals surface area contributed by atoms with Crippen molar-refractivity contribution in [3.63, 3.8) is 0 Å². The van der Waals surface area contributed by atoms with Gasteiger partial charge in [-0.1, -0.05) is 30.3 Å². The number of halogens is 1. The van der Waals surface area contributed by atoms with Gasteiger partial charge in [-0.05, 0) is 12.1 Å². The van der Waals surface area contributed by atoms with Crippen molar-refractivity contribution >= 4 is 23.3 Å². The molecule has 1 heterocycles. The number of rotatable bonds is 1. The van der Waals surface area contributed by atoms with Crippen molar-refractivity contribution in [2.75, 3.05) is 16.9 Å². The van der Waals surface area contributed by atoms with Crippen molar-refractivity contribution in [3.8, 4) is 11.1 Å². The van der Waals surface area contributed by atoms with E-state index >= 15 is 0 Å². The molecule has 1 aliphatic heterocycles. The van der Waals surface area contributed by atoms with E-state index in [2.05, 4.69) is 5.32 Å². The third kappa shape index (κ3) is 2.10. The number of carbonyl (C=O) groups excluding carboxylic acids is 1. The van der Waals surface area contributed by atoms with Gasteiger partial charge in [0.05, 0.1) is 18.0 Å². The molecule has 2 N–H and O–H groups in total. The number of amides is 1. The summed E-state index contributed by atoms with van der Waals surface area (Å²) in [5.74, 6) is -2.93. The first-order chi connectivity index (χ1) is 10.1. The second-order valence-corrected chi connectivity index (χ2v) is 4.55. The van der Waals surface area contributed by atoms with Gasteiger partial charge in [-0.3, -0.25) is 9.69 Å². The summed E-state index contributed by atoms with van der Waals surface area (Å²) in [5.41, 5.74) is 1.97. The van der Waals surface area contributed by atoms with Gasteiger partial charge in [0, 0.05) is 11.1 Å². The lowest BCUT2D eigenvalue weighted by Crippen LogP contribution is -2.36. The van der Waals surface area contributed by atoms with Crippen LogP contribution in [0.5, 0.6) is 0 Å². The van der Waals surface area contributed by atoms with E-state index in [4.69, 9.17) is 5.11 Å². The van der Waals surface area contributed by atoms with Crippen LogP contribution < -0.4 is 10.2 Å². The van der Waals surface area contributed by atoms with Crippen molar-refractivity contribution in [1.82, 2.24) is 0 Å². The van der Waals surface area contributed by atoms with Gasteiger partial charge in [-0.15, -0.1) is 0 Å². The Morgan fingerprint density at radius 3 is 2.52 bits per heavy atom. The molecule has 3 rings (SSSR count). The van der Waals surface area contributed by atoms with Gasteiger partial charge in [-0.25, -0.2) is 9.18 Å². The van der Waals surface area contributed by atoms with E-state index in [-0.39, 0.29) is 12.5 Å². The molecule has 2 aromatic carbocycles. The number of anilines is 2. The van der Waals surface area contributed by atoms with Crippen LogP contribution in [-0.2, 0) is 9.59 Å². The number of nitrogens with one attached hydrogen (secondary N) is 1. The van der Waals surface area contributed by atoms with Crippen molar-refractivity contribution < 1.29 is 19.1 Å². The molecule has 5 nitrogen and oxygen atoms in total. The van der Waals surface area contributed by atoms with Gasteiger partial charge in [0.1, 0.15) is 5.82 Å². The van der Waals surface area contributed by atoms with Crippen LogP contribution in [0.1, 0.15) is 0 Å². The van der Waals surface area contributed by atoms with Gasteiger partial charge >= 0.3 is 11.9 Å². The minimum absolute atomic E-state index is 0.0476. The molecule has 106 valence electrons. The number of aliphatic carboxylic acids is 1. The normalized spacial score (nSPS) is 12.7. The number of hydrogen-bond donors (Lipinski definition) is 2. The van der Waals surface area contributed by atoms with Crippen molar-refractivity contribution in [2.24, 2.45) is 0 Å². The van der Waals surface area contributed by atoms with Crippen molar-refractivity contribution in [3.05, 3.63) is 48.3 Å². The highest BCUT2D eigenvalue weighted by Gasteiger charge is 2.30. The number of benzene rings is 2. The van der Waals surface area contributed by atoms with Crippen LogP contribution >= 0.6 is 0 Å². The molecule has 0 saturated carbocycles. The van der Waals surface area contributed by atoms with Crippen LogP contribution in [-0.4, -0.2) is 23.7 Å². The Morgan fingerprint density at radius 1 is 1.10 bits per heavy atom. The van der Waals surface area contributed by atoms with E-state index in [0.717, 1.165) is 4.90 Å². The van der Waals surface area contributed by atoms with Gasteiger partial charge in [0.25, 0.3) is 0 Å². The average molecular weight is 286 g/mol. The predicted octanol–water partition coefficient (Wildman–Crippen LogP) is 2.29. The van der Waals surface area contributed by atoms with Crippen LogP contribution in [0, 0.1) is 5.82 Å². The van der Waals surface area contributed by atoms with Crippen LogP contribution in [0.25, 0.3) is 11.1 Å². The summed E-state index contributed by atoms with van der Waals surface area (Å²) >= 11 is 0. The fourth-order valence-electron chi connectivity index (χ4n) is 2.39. The van der Waals surface area contributed by atoms with E-state index in [1.807, 2.05) is 0 Å². The lowest BCUT2D eigenvalue weighted by Gasteiger charge is -2.13. The van der Waals surface area contributed by atoms with Crippen LogP contribution in [0.15, 0.2) is 42.5 Å². The molecule has 0 saturated heterocycles. The Hall–Kier alpha value is -2.89. The van der Waals surface area contributed by atoms with Crippen LogP contribution in [0.2, 0.25) is 0 Å². The molecular weight excluding hydrogens is 275 g/mol. The quantitative estimate of drug-likeness (QED) is 0.789. The summed E-state index contributed by atoms with van der Waals surface area (Å²) < 4.78 is 13.9. The summed E-state index contributed by atoms with van der Waals surface area (Å²) in [5, 5.41) is 11.8. The maximum atomic E-state index is 13.9. The zero-order valence-electron chi connectivity index (χ0n) is 10.8. The topological polar surface area (TPSA) is 69.6 Å². The fraction of sp³-hybridized carbons (Fsp3) is 0.0667. The van der Waals surface area contributed by atoms with Gasteiger partial charge < -0.3 is 10.4 Å². The van der Waals surface area contributed by atoms with Crippen LogP contribution in [0.3, 0.4) is 0 Å². The fourth-order valence-corrected chi connectivity index (χ4v) is 2.39. The third-order valence-electron chi connectivity index (χ3n) is 3.34. The molecule has 0 unspecified atom stereocenters. The monoisotopic (exact) mass is 286 g/mol. The summed E-state index contributed by atoms with van der Waals surface area (Å²) in [4.78, 5) is 23.6. The first kappa shape index (κ1) is 13.1. The minimum atomic E-state index is -1.53. The van der Waals surface area contributed by atoms with Crippen molar-refractivity contribution in [1.29, 1.82) is 0 Å². The number of nitrogens with zero attached hydrogens (tertiary/aromatic N) is 1. The largest absolute Gasteiger partial charge is 0.474 e. The number of hydrogen-bond acceptors (Lipinski definition) is 3. The average Bonchev–Trinajstić information content (AvgIpc) is 2.91. The molecular formula is C15H11FN2O3. The SMILES string of the molecule is O=C(O)C(=O)N1CNc2c(-c3ccccc3F)cccc21. The Bertz CT molecular complexity index is 745.